The highest BCUT2D eigenvalue weighted by Gasteiger charge is 2.30. The molecule has 1 aliphatic heterocycles. The Balaban J connectivity index is 1.79. The molecule has 0 spiro atoms. The standard InChI is InChI=1S/C12H19N5O3/c1-8-13-10(15-20-8)5-7-17(3)12(19)14-9-4-6-16(2)11(9)18/h9H,4-7H2,1-3H3,(H,14,19)/t9-/m0/s1. The van der Waals surface area contributed by atoms with E-state index in [-0.39, 0.29) is 11.9 Å². The summed E-state index contributed by atoms with van der Waals surface area (Å²) >= 11 is 0. The Hall–Kier alpha value is -2.12. The van der Waals surface area contributed by atoms with E-state index in [9.17, 15) is 9.59 Å². The zero-order chi connectivity index (χ0) is 14.7. The second-order valence-electron chi connectivity index (χ2n) is 4.95. The lowest BCUT2D eigenvalue weighted by Crippen LogP contribution is -2.46. The maximum absolute atomic E-state index is 12.0. The van der Waals surface area contributed by atoms with E-state index >= 15 is 0 Å². The van der Waals surface area contributed by atoms with Crippen LogP contribution in [0.4, 0.5) is 4.79 Å². The number of hydrogen-bond donors (Lipinski definition) is 1. The van der Waals surface area contributed by atoms with Gasteiger partial charge in [0.05, 0.1) is 0 Å². The van der Waals surface area contributed by atoms with Crippen molar-refractivity contribution >= 4 is 11.9 Å². The molecule has 0 aromatic carbocycles. The number of carbonyl (C=O) groups excluding carboxylic acids is 2. The number of urea groups is 1. The minimum atomic E-state index is -0.414. The quantitative estimate of drug-likeness (QED) is 0.824. The molecular formula is C12H19N5O3. The Morgan fingerprint density at radius 1 is 1.60 bits per heavy atom. The second kappa shape index (κ2) is 5.89. The van der Waals surface area contributed by atoms with Gasteiger partial charge in [-0.05, 0) is 6.42 Å². The highest BCUT2D eigenvalue weighted by atomic mass is 16.5. The molecule has 1 aliphatic rings. The lowest BCUT2D eigenvalue weighted by molar-refractivity contribution is -0.128. The minimum absolute atomic E-state index is 0.0412. The zero-order valence-electron chi connectivity index (χ0n) is 11.9. The normalized spacial score (nSPS) is 18.4. The number of nitrogens with zero attached hydrogens (tertiary/aromatic N) is 4. The number of rotatable bonds is 4. The smallest absolute Gasteiger partial charge is 0.317 e. The van der Waals surface area contributed by atoms with Gasteiger partial charge in [-0.3, -0.25) is 4.79 Å². The summed E-state index contributed by atoms with van der Waals surface area (Å²) in [6.07, 6.45) is 1.17. The van der Waals surface area contributed by atoms with E-state index in [1.54, 1.807) is 25.9 Å². The number of aromatic nitrogens is 2. The summed E-state index contributed by atoms with van der Waals surface area (Å²) in [4.78, 5) is 30.9. The highest BCUT2D eigenvalue weighted by molar-refractivity contribution is 5.88. The number of aryl methyl sites for hydroxylation is 1. The molecule has 0 saturated carbocycles. The molecule has 8 heteroatoms. The fourth-order valence-corrected chi connectivity index (χ4v) is 2.03. The van der Waals surface area contributed by atoms with Crippen LogP contribution >= 0.6 is 0 Å². The summed E-state index contributed by atoms with van der Waals surface area (Å²) in [5, 5.41) is 6.50. The van der Waals surface area contributed by atoms with Crippen molar-refractivity contribution in [1.82, 2.24) is 25.3 Å². The maximum atomic E-state index is 12.0. The fraction of sp³-hybridized carbons (Fsp3) is 0.667. The van der Waals surface area contributed by atoms with Crippen LogP contribution < -0.4 is 5.32 Å². The first-order valence-electron chi connectivity index (χ1n) is 6.53. The molecule has 2 heterocycles. The predicted octanol–water partition coefficient (Wildman–Crippen LogP) is -0.207. The third-order valence-corrected chi connectivity index (χ3v) is 3.31. The molecule has 1 N–H and O–H groups in total. The van der Waals surface area contributed by atoms with Crippen LogP contribution in [0.2, 0.25) is 0 Å². The molecule has 1 aromatic rings. The summed E-state index contributed by atoms with van der Waals surface area (Å²) in [5.74, 6) is 1.03. The van der Waals surface area contributed by atoms with Crippen molar-refractivity contribution in [2.75, 3.05) is 27.2 Å². The van der Waals surface area contributed by atoms with Gasteiger partial charge in [-0.2, -0.15) is 4.98 Å². The molecule has 8 nitrogen and oxygen atoms in total. The first kappa shape index (κ1) is 14.3. The van der Waals surface area contributed by atoms with Gasteiger partial charge in [0.2, 0.25) is 11.8 Å². The SMILES string of the molecule is Cc1nc(CCN(C)C(=O)N[C@H]2CCN(C)C2=O)no1. The van der Waals surface area contributed by atoms with Crippen LogP contribution in [-0.2, 0) is 11.2 Å². The Labute approximate surface area is 117 Å². The molecule has 1 aromatic heterocycles. The number of likely N-dealkylation sites (tertiary alicyclic amines) is 1. The van der Waals surface area contributed by atoms with Crippen LogP contribution in [0.1, 0.15) is 18.1 Å². The molecule has 0 radical (unpaired) electrons. The predicted molar refractivity (Wildman–Crippen MR) is 69.9 cm³/mol. The van der Waals surface area contributed by atoms with Gasteiger partial charge in [0.1, 0.15) is 6.04 Å². The van der Waals surface area contributed by atoms with E-state index < -0.39 is 6.04 Å². The summed E-state index contributed by atoms with van der Waals surface area (Å²) in [5.41, 5.74) is 0. The van der Waals surface area contributed by atoms with Gasteiger partial charge in [-0.15, -0.1) is 0 Å². The van der Waals surface area contributed by atoms with Gasteiger partial charge < -0.3 is 19.6 Å². The van der Waals surface area contributed by atoms with Gasteiger partial charge in [0.25, 0.3) is 0 Å². The number of nitrogens with one attached hydrogen (secondary N) is 1. The topological polar surface area (TPSA) is 91.6 Å². The number of amides is 3. The van der Waals surface area contributed by atoms with E-state index in [1.165, 1.54) is 4.90 Å². The number of carbonyl (C=O) groups is 2. The van der Waals surface area contributed by atoms with Gasteiger partial charge >= 0.3 is 6.03 Å². The van der Waals surface area contributed by atoms with Crippen LogP contribution in [0.25, 0.3) is 0 Å². The van der Waals surface area contributed by atoms with Crippen LogP contribution in [0.5, 0.6) is 0 Å². The fourth-order valence-electron chi connectivity index (χ4n) is 2.03. The average Bonchev–Trinajstić information content (AvgIpc) is 2.96. The number of hydrogen-bond acceptors (Lipinski definition) is 5. The van der Waals surface area contributed by atoms with Crippen molar-refractivity contribution in [3.63, 3.8) is 0 Å². The van der Waals surface area contributed by atoms with Crippen LogP contribution in [-0.4, -0.2) is 65.1 Å². The number of likely N-dealkylation sites (N-methyl/N-ethyl adjacent to an activating group) is 2. The molecule has 0 aliphatic carbocycles. The molecule has 110 valence electrons. The van der Waals surface area contributed by atoms with E-state index in [0.717, 1.165) is 0 Å². The monoisotopic (exact) mass is 281 g/mol. The third kappa shape index (κ3) is 3.25. The van der Waals surface area contributed by atoms with Crippen molar-refractivity contribution in [3.05, 3.63) is 11.7 Å². The Kier molecular flexibility index (Phi) is 4.21. The Bertz CT molecular complexity index is 501. The van der Waals surface area contributed by atoms with Crippen molar-refractivity contribution in [3.8, 4) is 0 Å². The van der Waals surface area contributed by atoms with Crippen molar-refractivity contribution < 1.29 is 14.1 Å². The molecule has 2 rings (SSSR count). The van der Waals surface area contributed by atoms with Gasteiger partial charge in [-0.25, -0.2) is 4.79 Å². The van der Waals surface area contributed by atoms with Gasteiger partial charge in [-0.1, -0.05) is 5.16 Å². The molecule has 20 heavy (non-hydrogen) atoms. The highest BCUT2D eigenvalue weighted by Crippen LogP contribution is 2.08. The third-order valence-electron chi connectivity index (χ3n) is 3.31. The van der Waals surface area contributed by atoms with Gasteiger partial charge in [0, 0.05) is 40.5 Å². The molecule has 0 bridgehead atoms. The van der Waals surface area contributed by atoms with Crippen molar-refractivity contribution in [2.45, 2.75) is 25.8 Å². The van der Waals surface area contributed by atoms with Crippen LogP contribution in [0, 0.1) is 6.92 Å². The van der Waals surface area contributed by atoms with Crippen molar-refractivity contribution in [2.24, 2.45) is 0 Å². The lowest BCUT2D eigenvalue weighted by Gasteiger charge is -2.19. The van der Waals surface area contributed by atoms with Crippen molar-refractivity contribution in [1.29, 1.82) is 0 Å². The van der Waals surface area contributed by atoms with E-state index in [0.29, 0.717) is 37.6 Å². The lowest BCUT2D eigenvalue weighted by atomic mass is 10.2. The first-order chi connectivity index (χ1) is 9.47. The first-order valence-corrected chi connectivity index (χ1v) is 6.53. The molecule has 3 amide bonds. The molecule has 0 unspecified atom stereocenters. The van der Waals surface area contributed by atoms with E-state index in [1.807, 2.05) is 0 Å². The van der Waals surface area contributed by atoms with Crippen LogP contribution in [0.3, 0.4) is 0 Å². The summed E-state index contributed by atoms with van der Waals surface area (Å²) in [6, 6.07) is -0.679. The largest absolute Gasteiger partial charge is 0.344 e. The Morgan fingerprint density at radius 2 is 2.35 bits per heavy atom. The summed E-state index contributed by atoms with van der Waals surface area (Å²) < 4.78 is 4.86. The average molecular weight is 281 g/mol. The van der Waals surface area contributed by atoms with E-state index in [4.69, 9.17) is 4.52 Å². The maximum Gasteiger partial charge on any atom is 0.317 e. The minimum Gasteiger partial charge on any atom is -0.344 e. The summed E-state index contributed by atoms with van der Waals surface area (Å²) in [7, 11) is 3.40. The van der Waals surface area contributed by atoms with Crippen LogP contribution in [0.15, 0.2) is 4.52 Å². The Morgan fingerprint density at radius 3 is 2.90 bits per heavy atom. The zero-order valence-corrected chi connectivity index (χ0v) is 11.9. The van der Waals surface area contributed by atoms with Gasteiger partial charge in [0.15, 0.2) is 5.82 Å². The second-order valence-corrected chi connectivity index (χ2v) is 4.95. The molecular weight excluding hydrogens is 262 g/mol. The van der Waals surface area contributed by atoms with E-state index in [2.05, 4.69) is 15.5 Å². The summed E-state index contributed by atoms with van der Waals surface area (Å²) in [6.45, 7) is 2.85. The molecule has 1 fully saturated rings. The molecule has 1 atom stereocenters. The molecule has 1 saturated heterocycles.